The number of carbonyl (C=O) groups is 1. The van der Waals surface area contributed by atoms with Crippen molar-refractivity contribution < 1.29 is 9.53 Å². The summed E-state index contributed by atoms with van der Waals surface area (Å²) in [5.41, 5.74) is 0. The van der Waals surface area contributed by atoms with Gasteiger partial charge in [-0.15, -0.1) is 0 Å². The first-order valence-electron chi connectivity index (χ1n) is 6.27. The smallest absolute Gasteiger partial charge is 0.239 e. The summed E-state index contributed by atoms with van der Waals surface area (Å²) in [5, 5.41) is 3.35. The predicted molar refractivity (Wildman–Crippen MR) is 64.4 cm³/mol. The molecule has 0 bridgehead atoms. The Kier molecular flexibility index (Phi) is 5.77. The number of rotatable bonds is 5. The van der Waals surface area contributed by atoms with E-state index in [0.717, 1.165) is 25.9 Å². The van der Waals surface area contributed by atoms with Gasteiger partial charge in [0.25, 0.3) is 0 Å². The second-order valence-electron chi connectivity index (χ2n) is 4.52. The Morgan fingerprint density at radius 2 is 2.00 bits per heavy atom. The zero-order valence-electron chi connectivity index (χ0n) is 10.7. The largest absolute Gasteiger partial charge is 0.378 e. The van der Waals surface area contributed by atoms with E-state index < -0.39 is 0 Å². The third-order valence-electron chi connectivity index (χ3n) is 2.95. The predicted octanol–water partition coefficient (Wildman–Crippen LogP) is 1.01. The molecule has 0 radical (unpaired) electrons. The fourth-order valence-corrected chi connectivity index (χ4v) is 2.07. The summed E-state index contributed by atoms with van der Waals surface area (Å²) in [6.45, 7) is 9.04. The van der Waals surface area contributed by atoms with Crippen molar-refractivity contribution in [2.24, 2.45) is 0 Å². The van der Waals surface area contributed by atoms with Gasteiger partial charge in [-0.3, -0.25) is 4.79 Å². The first-order valence-corrected chi connectivity index (χ1v) is 6.27. The normalized spacial score (nSPS) is 20.6. The van der Waals surface area contributed by atoms with E-state index in [1.54, 1.807) is 0 Å². The first kappa shape index (κ1) is 13.5. The molecule has 1 saturated heterocycles. The molecule has 16 heavy (non-hydrogen) atoms. The lowest BCUT2D eigenvalue weighted by atomic mass is 10.1. The minimum atomic E-state index is -0.0837. The van der Waals surface area contributed by atoms with E-state index in [4.69, 9.17) is 4.74 Å². The number of hydrogen-bond donors (Lipinski definition) is 1. The summed E-state index contributed by atoms with van der Waals surface area (Å²) in [5.74, 6) is 0.200. The second-order valence-corrected chi connectivity index (χ2v) is 4.52. The monoisotopic (exact) mass is 228 g/mol. The Morgan fingerprint density at radius 1 is 1.38 bits per heavy atom. The Bertz CT molecular complexity index is 215. The number of nitrogens with one attached hydrogen (secondary N) is 1. The van der Waals surface area contributed by atoms with Crippen LogP contribution in [0.2, 0.25) is 0 Å². The molecule has 4 heteroatoms. The van der Waals surface area contributed by atoms with E-state index >= 15 is 0 Å². The van der Waals surface area contributed by atoms with E-state index in [1.165, 1.54) is 0 Å². The van der Waals surface area contributed by atoms with Gasteiger partial charge >= 0.3 is 0 Å². The molecule has 2 atom stereocenters. The van der Waals surface area contributed by atoms with Crippen LogP contribution in [0.25, 0.3) is 0 Å². The number of amides is 1. The SMILES string of the molecule is CCCC(C)NC(C)C(=O)N1CCOCC1. The van der Waals surface area contributed by atoms with Gasteiger partial charge in [0.15, 0.2) is 0 Å². The van der Waals surface area contributed by atoms with Crippen LogP contribution in [0.4, 0.5) is 0 Å². The highest BCUT2D eigenvalue weighted by Gasteiger charge is 2.22. The molecule has 1 rings (SSSR count). The third-order valence-corrected chi connectivity index (χ3v) is 2.95. The fraction of sp³-hybridized carbons (Fsp3) is 0.917. The second kappa shape index (κ2) is 6.86. The molecule has 1 amide bonds. The number of hydrogen-bond acceptors (Lipinski definition) is 3. The molecule has 0 aliphatic carbocycles. The molecule has 1 fully saturated rings. The summed E-state index contributed by atoms with van der Waals surface area (Å²) in [6, 6.07) is 0.324. The zero-order valence-corrected chi connectivity index (χ0v) is 10.7. The lowest BCUT2D eigenvalue weighted by Crippen LogP contribution is -2.50. The quantitative estimate of drug-likeness (QED) is 0.763. The van der Waals surface area contributed by atoms with Gasteiger partial charge in [0.1, 0.15) is 0 Å². The van der Waals surface area contributed by atoms with Gasteiger partial charge in [-0.05, 0) is 20.3 Å². The highest BCUT2D eigenvalue weighted by molar-refractivity contribution is 5.81. The molecule has 1 aliphatic rings. The number of morpholine rings is 1. The van der Waals surface area contributed by atoms with Crippen molar-refractivity contribution in [3.05, 3.63) is 0 Å². The molecule has 4 nitrogen and oxygen atoms in total. The maximum absolute atomic E-state index is 12.0. The third kappa shape index (κ3) is 4.10. The van der Waals surface area contributed by atoms with Gasteiger partial charge < -0.3 is 15.0 Å². The molecule has 0 spiro atoms. The minimum Gasteiger partial charge on any atom is -0.378 e. The van der Waals surface area contributed by atoms with Gasteiger partial charge in [-0.25, -0.2) is 0 Å². The van der Waals surface area contributed by atoms with Crippen LogP contribution in [0.1, 0.15) is 33.6 Å². The number of ether oxygens (including phenoxy) is 1. The van der Waals surface area contributed by atoms with Crippen LogP contribution in [0.3, 0.4) is 0 Å². The van der Waals surface area contributed by atoms with Gasteiger partial charge in [-0.2, -0.15) is 0 Å². The van der Waals surface area contributed by atoms with Crippen LogP contribution in [-0.2, 0) is 9.53 Å². The van der Waals surface area contributed by atoms with Crippen molar-refractivity contribution in [2.75, 3.05) is 26.3 Å². The van der Waals surface area contributed by atoms with E-state index in [9.17, 15) is 4.79 Å². The molecule has 0 aromatic rings. The molecule has 0 aromatic carbocycles. The topological polar surface area (TPSA) is 41.6 Å². The maximum Gasteiger partial charge on any atom is 0.239 e. The number of nitrogens with zero attached hydrogens (tertiary/aromatic N) is 1. The van der Waals surface area contributed by atoms with Crippen molar-refractivity contribution in [1.82, 2.24) is 10.2 Å². The number of carbonyl (C=O) groups excluding carboxylic acids is 1. The Balaban J connectivity index is 2.34. The molecule has 1 aliphatic heterocycles. The molecule has 1 heterocycles. The molecular weight excluding hydrogens is 204 g/mol. The van der Waals surface area contributed by atoms with Crippen LogP contribution in [0.15, 0.2) is 0 Å². The van der Waals surface area contributed by atoms with Crippen LogP contribution in [-0.4, -0.2) is 49.2 Å². The summed E-state index contributed by atoms with van der Waals surface area (Å²) in [4.78, 5) is 13.9. The summed E-state index contributed by atoms with van der Waals surface area (Å²) >= 11 is 0. The van der Waals surface area contributed by atoms with Gasteiger partial charge in [-0.1, -0.05) is 13.3 Å². The molecular formula is C12H24N2O2. The van der Waals surface area contributed by atoms with Crippen molar-refractivity contribution in [3.63, 3.8) is 0 Å². The summed E-state index contributed by atoms with van der Waals surface area (Å²) < 4.78 is 5.23. The van der Waals surface area contributed by atoms with E-state index in [-0.39, 0.29) is 11.9 Å². The Hall–Kier alpha value is -0.610. The van der Waals surface area contributed by atoms with Crippen molar-refractivity contribution in [1.29, 1.82) is 0 Å². The van der Waals surface area contributed by atoms with Crippen LogP contribution < -0.4 is 5.32 Å². The van der Waals surface area contributed by atoms with Gasteiger partial charge in [0.2, 0.25) is 5.91 Å². The van der Waals surface area contributed by atoms with E-state index in [1.807, 2.05) is 11.8 Å². The van der Waals surface area contributed by atoms with Crippen LogP contribution >= 0.6 is 0 Å². The molecule has 2 unspecified atom stereocenters. The highest BCUT2D eigenvalue weighted by atomic mass is 16.5. The summed E-state index contributed by atoms with van der Waals surface area (Å²) in [7, 11) is 0. The fourth-order valence-electron chi connectivity index (χ4n) is 2.07. The van der Waals surface area contributed by atoms with Crippen molar-refractivity contribution in [2.45, 2.75) is 45.7 Å². The Morgan fingerprint density at radius 3 is 2.56 bits per heavy atom. The molecule has 0 aromatic heterocycles. The zero-order chi connectivity index (χ0) is 12.0. The van der Waals surface area contributed by atoms with Crippen LogP contribution in [0, 0.1) is 0 Å². The van der Waals surface area contributed by atoms with Crippen molar-refractivity contribution in [3.8, 4) is 0 Å². The lowest BCUT2D eigenvalue weighted by molar-refractivity contribution is -0.137. The van der Waals surface area contributed by atoms with Crippen LogP contribution in [0.5, 0.6) is 0 Å². The first-order chi connectivity index (χ1) is 7.65. The molecule has 94 valence electrons. The Labute approximate surface area is 98.3 Å². The lowest BCUT2D eigenvalue weighted by Gasteiger charge is -2.30. The van der Waals surface area contributed by atoms with Gasteiger partial charge in [0, 0.05) is 19.1 Å². The molecule has 1 N–H and O–H groups in total. The van der Waals surface area contributed by atoms with E-state index in [2.05, 4.69) is 19.2 Å². The highest BCUT2D eigenvalue weighted by Crippen LogP contribution is 2.03. The van der Waals surface area contributed by atoms with Crippen molar-refractivity contribution >= 4 is 5.91 Å². The molecule has 0 saturated carbocycles. The summed E-state index contributed by atoms with van der Waals surface area (Å²) in [6.07, 6.45) is 2.26. The van der Waals surface area contributed by atoms with Gasteiger partial charge in [0.05, 0.1) is 19.3 Å². The average Bonchev–Trinajstić information content (AvgIpc) is 2.29. The maximum atomic E-state index is 12.0. The minimum absolute atomic E-state index is 0.0837. The standard InChI is InChI=1S/C12H24N2O2/c1-4-5-10(2)13-11(3)12(15)14-6-8-16-9-7-14/h10-11,13H,4-9H2,1-3H3. The average molecular weight is 228 g/mol. The van der Waals surface area contributed by atoms with E-state index in [0.29, 0.717) is 19.3 Å².